The SMILES string of the molecule is CSc1ccc(C(C)NCc2cc(C(=O)O)co2)cc1. The van der Waals surface area contributed by atoms with Crippen LogP contribution in [0.2, 0.25) is 0 Å². The van der Waals surface area contributed by atoms with E-state index in [-0.39, 0.29) is 11.6 Å². The van der Waals surface area contributed by atoms with E-state index in [1.54, 1.807) is 17.8 Å². The van der Waals surface area contributed by atoms with Crippen LogP contribution in [0.15, 0.2) is 45.9 Å². The van der Waals surface area contributed by atoms with Gasteiger partial charge in [-0.3, -0.25) is 0 Å². The fourth-order valence-electron chi connectivity index (χ4n) is 1.85. The van der Waals surface area contributed by atoms with Crippen molar-refractivity contribution in [2.24, 2.45) is 0 Å². The first kappa shape index (κ1) is 14.7. The molecule has 0 amide bonds. The number of furan rings is 1. The van der Waals surface area contributed by atoms with Crippen molar-refractivity contribution in [1.29, 1.82) is 0 Å². The summed E-state index contributed by atoms with van der Waals surface area (Å²) in [4.78, 5) is 12.0. The van der Waals surface area contributed by atoms with Gasteiger partial charge in [0.25, 0.3) is 0 Å². The molecule has 0 radical (unpaired) electrons. The van der Waals surface area contributed by atoms with Crippen LogP contribution in [-0.4, -0.2) is 17.3 Å². The predicted octanol–water partition coefficient (Wildman–Crippen LogP) is 3.55. The molecule has 1 aromatic carbocycles. The highest BCUT2D eigenvalue weighted by molar-refractivity contribution is 7.98. The van der Waals surface area contributed by atoms with Gasteiger partial charge in [0, 0.05) is 10.9 Å². The second-order valence-electron chi connectivity index (χ2n) is 4.48. The van der Waals surface area contributed by atoms with Crippen LogP contribution in [0, 0.1) is 0 Å². The second kappa shape index (κ2) is 6.63. The number of hydrogen-bond donors (Lipinski definition) is 2. The lowest BCUT2D eigenvalue weighted by Gasteiger charge is -2.13. The van der Waals surface area contributed by atoms with Crippen molar-refractivity contribution in [2.75, 3.05) is 6.26 Å². The molecule has 1 unspecified atom stereocenters. The van der Waals surface area contributed by atoms with Gasteiger partial charge in [0.05, 0.1) is 12.1 Å². The van der Waals surface area contributed by atoms with Crippen molar-refractivity contribution in [3.8, 4) is 0 Å². The Morgan fingerprint density at radius 1 is 1.40 bits per heavy atom. The quantitative estimate of drug-likeness (QED) is 0.797. The molecular formula is C15H17NO3S. The van der Waals surface area contributed by atoms with Gasteiger partial charge < -0.3 is 14.8 Å². The molecule has 4 nitrogen and oxygen atoms in total. The fraction of sp³-hybridized carbons (Fsp3) is 0.267. The van der Waals surface area contributed by atoms with E-state index < -0.39 is 5.97 Å². The molecule has 0 spiro atoms. The molecule has 0 aliphatic carbocycles. The van der Waals surface area contributed by atoms with Gasteiger partial charge in [-0.25, -0.2) is 4.79 Å². The maximum atomic E-state index is 10.8. The van der Waals surface area contributed by atoms with Crippen LogP contribution in [0.1, 0.15) is 34.6 Å². The lowest BCUT2D eigenvalue weighted by molar-refractivity contribution is 0.0696. The van der Waals surface area contributed by atoms with Crippen LogP contribution in [0.5, 0.6) is 0 Å². The smallest absolute Gasteiger partial charge is 0.338 e. The third-order valence-corrected chi connectivity index (χ3v) is 3.84. The monoisotopic (exact) mass is 291 g/mol. The van der Waals surface area contributed by atoms with Crippen LogP contribution in [0.4, 0.5) is 0 Å². The Balaban J connectivity index is 1.93. The summed E-state index contributed by atoms with van der Waals surface area (Å²) >= 11 is 1.71. The number of rotatable bonds is 6. The Morgan fingerprint density at radius 2 is 2.10 bits per heavy atom. The first-order valence-electron chi connectivity index (χ1n) is 6.28. The summed E-state index contributed by atoms with van der Waals surface area (Å²) in [6, 6.07) is 10.1. The van der Waals surface area contributed by atoms with E-state index in [9.17, 15) is 4.79 Å². The molecule has 106 valence electrons. The molecule has 0 aliphatic heterocycles. The molecule has 2 aromatic rings. The molecule has 2 N–H and O–H groups in total. The zero-order valence-electron chi connectivity index (χ0n) is 11.4. The Hall–Kier alpha value is -1.72. The zero-order chi connectivity index (χ0) is 14.5. The summed E-state index contributed by atoms with van der Waals surface area (Å²) in [7, 11) is 0. The van der Waals surface area contributed by atoms with Crippen molar-refractivity contribution < 1.29 is 14.3 Å². The van der Waals surface area contributed by atoms with Crippen LogP contribution in [0.25, 0.3) is 0 Å². The van der Waals surface area contributed by atoms with E-state index in [1.165, 1.54) is 16.7 Å². The highest BCUT2D eigenvalue weighted by atomic mass is 32.2. The van der Waals surface area contributed by atoms with E-state index in [0.29, 0.717) is 12.3 Å². The lowest BCUT2D eigenvalue weighted by Crippen LogP contribution is -2.17. The average molecular weight is 291 g/mol. The van der Waals surface area contributed by atoms with Gasteiger partial charge in [-0.05, 0) is 36.9 Å². The first-order chi connectivity index (χ1) is 9.60. The molecule has 0 aliphatic rings. The number of carbonyl (C=O) groups is 1. The maximum Gasteiger partial charge on any atom is 0.338 e. The molecular weight excluding hydrogens is 274 g/mol. The van der Waals surface area contributed by atoms with Gasteiger partial charge in [-0.2, -0.15) is 0 Å². The minimum Gasteiger partial charge on any atom is -0.478 e. The van der Waals surface area contributed by atoms with Gasteiger partial charge >= 0.3 is 5.97 Å². The second-order valence-corrected chi connectivity index (χ2v) is 5.36. The molecule has 0 saturated carbocycles. The Kier molecular flexibility index (Phi) is 4.87. The molecule has 0 bridgehead atoms. The van der Waals surface area contributed by atoms with E-state index in [2.05, 4.69) is 36.5 Å². The summed E-state index contributed by atoms with van der Waals surface area (Å²) < 4.78 is 5.20. The third kappa shape index (κ3) is 3.65. The number of aromatic carboxylic acids is 1. The van der Waals surface area contributed by atoms with Gasteiger partial charge in [-0.1, -0.05) is 12.1 Å². The van der Waals surface area contributed by atoms with Crippen LogP contribution in [-0.2, 0) is 6.54 Å². The summed E-state index contributed by atoms with van der Waals surface area (Å²) in [6.45, 7) is 2.56. The molecule has 20 heavy (non-hydrogen) atoms. The Labute approximate surface area is 122 Å². The molecule has 0 fully saturated rings. The Morgan fingerprint density at radius 3 is 2.65 bits per heavy atom. The van der Waals surface area contributed by atoms with E-state index in [4.69, 9.17) is 9.52 Å². The van der Waals surface area contributed by atoms with Gasteiger partial charge in [0.1, 0.15) is 12.0 Å². The molecule has 1 aromatic heterocycles. The largest absolute Gasteiger partial charge is 0.478 e. The summed E-state index contributed by atoms with van der Waals surface area (Å²) in [5.74, 6) is -0.351. The van der Waals surface area contributed by atoms with Crippen molar-refractivity contribution >= 4 is 17.7 Å². The lowest BCUT2D eigenvalue weighted by atomic mass is 10.1. The first-order valence-corrected chi connectivity index (χ1v) is 7.50. The van der Waals surface area contributed by atoms with E-state index in [1.807, 2.05) is 6.26 Å². The topological polar surface area (TPSA) is 62.5 Å². The van der Waals surface area contributed by atoms with Gasteiger partial charge in [0.15, 0.2) is 0 Å². The number of nitrogens with one attached hydrogen (secondary N) is 1. The number of carboxylic acids is 1. The molecule has 0 saturated heterocycles. The fourth-order valence-corrected chi connectivity index (χ4v) is 2.26. The predicted molar refractivity (Wildman–Crippen MR) is 79.1 cm³/mol. The number of carboxylic acid groups (broad SMARTS) is 1. The van der Waals surface area contributed by atoms with Crippen LogP contribution >= 0.6 is 11.8 Å². The van der Waals surface area contributed by atoms with E-state index >= 15 is 0 Å². The molecule has 1 heterocycles. The maximum absolute atomic E-state index is 10.8. The highest BCUT2D eigenvalue weighted by Crippen LogP contribution is 2.19. The number of benzene rings is 1. The number of thioether (sulfide) groups is 1. The summed E-state index contributed by atoms with van der Waals surface area (Å²) in [5, 5.41) is 12.1. The minimum absolute atomic E-state index is 0.171. The zero-order valence-corrected chi connectivity index (χ0v) is 12.2. The Bertz CT molecular complexity index is 577. The third-order valence-electron chi connectivity index (χ3n) is 3.10. The summed E-state index contributed by atoms with van der Waals surface area (Å²) in [5.41, 5.74) is 1.37. The van der Waals surface area contributed by atoms with Crippen molar-refractivity contribution in [1.82, 2.24) is 5.32 Å². The minimum atomic E-state index is -0.972. The normalized spacial score (nSPS) is 12.3. The standard InChI is InChI=1S/C15H17NO3S/c1-10(11-3-5-14(20-2)6-4-11)16-8-13-7-12(9-19-13)15(17)18/h3-7,9-10,16H,8H2,1-2H3,(H,17,18). The van der Waals surface area contributed by atoms with Crippen LogP contribution in [0.3, 0.4) is 0 Å². The molecule has 1 atom stereocenters. The highest BCUT2D eigenvalue weighted by Gasteiger charge is 2.10. The van der Waals surface area contributed by atoms with E-state index in [0.717, 1.165) is 0 Å². The van der Waals surface area contributed by atoms with Crippen molar-refractivity contribution in [3.05, 3.63) is 53.5 Å². The molecule has 5 heteroatoms. The van der Waals surface area contributed by atoms with Gasteiger partial charge in [0.2, 0.25) is 0 Å². The van der Waals surface area contributed by atoms with Crippen LogP contribution < -0.4 is 5.32 Å². The number of hydrogen-bond acceptors (Lipinski definition) is 4. The van der Waals surface area contributed by atoms with Gasteiger partial charge in [-0.15, -0.1) is 11.8 Å². The van der Waals surface area contributed by atoms with Crippen molar-refractivity contribution in [2.45, 2.75) is 24.4 Å². The average Bonchev–Trinajstić information content (AvgIpc) is 2.94. The van der Waals surface area contributed by atoms with Crippen molar-refractivity contribution in [3.63, 3.8) is 0 Å². The molecule has 2 rings (SSSR count). The summed E-state index contributed by atoms with van der Waals surface area (Å²) in [6.07, 6.45) is 3.31.